The molecule has 0 spiro atoms. The van der Waals surface area contributed by atoms with Crippen LogP contribution in [-0.4, -0.2) is 49.8 Å². The Balaban J connectivity index is 2.09. The quantitative estimate of drug-likeness (QED) is 0.639. The van der Waals surface area contributed by atoms with Crippen molar-refractivity contribution in [3.8, 4) is 0 Å². The molecule has 1 aliphatic heterocycles. The third-order valence-electron chi connectivity index (χ3n) is 3.36. The summed E-state index contributed by atoms with van der Waals surface area (Å²) in [4.78, 5) is 8.54. The Hall–Kier alpha value is -0.670. The van der Waals surface area contributed by atoms with Crippen LogP contribution < -0.4 is 0 Å². The largest absolute Gasteiger partial charge is 0.394 e. The van der Waals surface area contributed by atoms with Crippen molar-refractivity contribution in [3.05, 3.63) is 17.0 Å². The van der Waals surface area contributed by atoms with E-state index in [2.05, 4.69) is 25.9 Å². The van der Waals surface area contributed by atoms with E-state index < -0.39 is 12.3 Å². The first-order chi connectivity index (χ1) is 9.65. The van der Waals surface area contributed by atoms with E-state index in [0.717, 1.165) is 14.9 Å². The molecule has 0 aliphatic carbocycles. The molecule has 1 saturated heterocycles. The zero-order chi connectivity index (χ0) is 14.3. The number of nitrogens with zero attached hydrogens (tertiary/aromatic N) is 3. The average Bonchev–Trinajstić information content (AvgIpc) is 2.99. The molecule has 20 heavy (non-hydrogen) atoms. The van der Waals surface area contributed by atoms with Gasteiger partial charge in [0.1, 0.15) is 23.1 Å². The fourth-order valence-corrected chi connectivity index (χ4v) is 3.73. The van der Waals surface area contributed by atoms with Crippen LogP contribution in [-0.2, 0) is 4.74 Å². The Morgan fingerprint density at radius 1 is 1.55 bits per heavy atom. The second kappa shape index (κ2) is 5.61. The van der Waals surface area contributed by atoms with Crippen molar-refractivity contribution < 1.29 is 14.9 Å². The minimum atomic E-state index is -0.664. The lowest BCUT2D eigenvalue weighted by molar-refractivity contribution is -0.0484. The van der Waals surface area contributed by atoms with Crippen LogP contribution in [0.25, 0.3) is 11.0 Å². The lowest BCUT2D eigenvalue weighted by atomic mass is 10.2. The third kappa shape index (κ3) is 2.25. The van der Waals surface area contributed by atoms with E-state index in [1.807, 2.05) is 12.5 Å². The van der Waals surface area contributed by atoms with Crippen molar-refractivity contribution in [3.63, 3.8) is 0 Å². The zero-order valence-corrected chi connectivity index (χ0v) is 13.1. The van der Waals surface area contributed by atoms with Gasteiger partial charge in [-0.1, -0.05) is 0 Å². The minimum Gasteiger partial charge on any atom is -0.394 e. The van der Waals surface area contributed by atoms with Gasteiger partial charge in [0.05, 0.1) is 18.1 Å². The number of hydrogen-bond donors (Lipinski definition) is 2. The summed E-state index contributed by atoms with van der Waals surface area (Å²) < 4.78 is 8.33. The van der Waals surface area contributed by atoms with Crippen LogP contribution in [0.5, 0.6) is 0 Å². The summed E-state index contributed by atoms with van der Waals surface area (Å²) in [6.45, 7) is -0.0982. The van der Waals surface area contributed by atoms with Crippen LogP contribution in [0.2, 0.25) is 0 Å². The first kappa shape index (κ1) is 14.3. The molecular weight excluding hydrogens is 346 g/mol. The summed E-state index contributed by atoms with van der Waals surface area (Å²) in [5.41, 5.74) is 0.707. The van der Waals surface area contributed by atoms with Gasteiger partial charge >= 0.3 is 0 Å². The van der Waals surface area contributed by atoms with Crippen LogP contribution in [0.1, 0.15) is 12.6 Å². The molecule has 6 nitrogen and oxygen atoms in total. The first-order valence-corrected chi connectivity index (χ1v) is 8.17. The molecule has 0 aromatic carbocycles. The number of fused-ring (bicyclic) bond motifs is 1. The van der Waals surface area contributed by atoms with E-state index in [-0.39, 0.29) is 12.7 Å². The van der Waals surface area contributed by atoms with E-state index >= 15 is 0 Å². The lowest BCUT2D eigenvalue weighted by Crippen LogP contribution is -2.19. The highest BCUT2D eigenvalue weighted by atomic mass is 79.9. The minimum absolute atomic E-state index is 0.0982. The van der Waals surface area contributed by atoms with Gasteiger partial charge in [-0.15, -0.1) is 11.8 Å². The number of aliphatic hydroxyl groups is 2. The predicted octanol–water partition coefficient (Wildman–Crippen LogP) is 1.56. The molecule has 0 bridgehead atoms. The third-order valence-corrected chi connectivity index (χ3v) is 4.66. The second-order valence-electron chi connectivity index (χ2n) is 4.60. The van der Waals surface area contributed by atoms with Gasteiger partial charge in [-0.05, 0) is 22.2 Å². The van der Waals surface area contributed by atoms with Crippen molar-refractivity contribution in [2.45, 2.75) is 29.9 Å². The van der Waals surface area contributed by atoms with Gasteiger partial charge in [-0.25, -0.2) is 9.97 Å². The molecule has 0 saturated carbocycles. The molecule has 2 N–H and O–H groups in total. The van der Waals surface area contributed by atoms with Gasteiger partial charge in [-0.3, -0.25) is 0 Å². The normalized spacial score (nSPS) is 26.5. The summed E-state index contributed by atoms with van der Waals surface area (Å²) >= 11 is 5.04. The van der Waals surface area contributed by atoms with E-state index in [1.165, 1.54) is 18.1 Å². The number of thioether (sulfide) groups is 1. The van der Waals surface area contributed by atoms with Gasteiger partial charge in [-0.2, -0.15) is 0 Å². The van der Waals surface area contributed by atoms with Crippen molar-refractivity contribution in [1.29, 1.82) is 0 Å². The SMILES string of the molecule is CSc1ncnc2c1c(Br)cn2C1O[C@H](CO)C[C@H]1O. The average molecular weight is 360 g/mol. The number of halogens is 1. The fourth-order valence-electron chi connectivity index (χ4n) is 2.46. The van der Waals surface area contributed by atoms with Crippen molar-refractivity contribution >= 4 is 38.7 Å². The summed E-state index contributed by atoms with van der Waals surface area (Å²) in [6, 6.07) is 0. The Morgan fingerprint density at radius 2 is 2.35 bits per heavy atom. The first-order valence-electron chi connectivity index (χ1n) is 6.15. The van der Waals surface area contributed by atoms with Gasteiger partial charge in [0.25, 0.3) is 0 Å². The molecule has 0 amide bonds. The molecule has 1 fully saturated rings. The molecule has 8 heteroatoms. The standard InChI is InChI=1S/C12H14BrN3O3S/c1-20-11-9-7(13)3-16(10(9)14-5-15-11)12-8(18)2-6(4-17)19-12/h3,5-6,8,12,17-18H,2,4H2,1H3/t6-,8+,12?/m0/s1. The number of aliphatic hydroxyl groups excluding tert-OH is 2. The van der Waals surface area contributed by atoms with E-state index in [4.69, 9.17) is 9.84 Å². The van der Waals surface area contributed by atoms with Crippen molar-refractivity contribution in [2.75, 3.05) is 12.9 Å². The van der Waals surface area contributed by atoms with Gasteiger partial charge in [0, 0.05) is 17.1 Å². The summed E-state index contributed by atoms with van der Waals surface area (Å²) in [7, 11) is 0. The molecular formula is C12H14BrN3O3S. The van der Waals surface area contributed by atoms with Gasteiger partial charge in [0.2, 0.25) is 0 Å². The van der Waals surface area contributed by atoms with Crippen molar-refractivity contribution in [1.82, 2.24) is 14.5 Å². The fraction of sp³-hybridized carbons (Fsp3) is 0.500. The molecule has 1 unspecified atom stereocenters. The van der Waals surface area contributed by atoms with Crippen LogP contribution in [0.3, 0.4) is 0 Å². The molecule has 2 aromatic heterocycles. The summed E-state index contributed by atoms with van der Waals surface area (Å²) in [5.74, 6) is 0. The Bertz CT molecular complexity index is 636. The Labute approximate surface area is 128 Å². The highest BCUT2D eigenvalue weighted by molar-refractivity contribution is 9.10. The smallest absolute Gasteiger partial charge is 0.161 e. The topological polar surface area (TPSA) is 80.4 Å². The molecule has 3 heterocycles. The number of ether oxygens (including phenoxy) is 1. The maximum Gasteiger partial charge on any atom is 0.161 e. The lowest BCUT2D eigenvalue weighted by Gasteiger charge is -2.17. The number of aromatic nitrogens is 3. The zero-order valence-electron chi connectivity index (χ0n) is 10.7. The van der Waals surface area contributed by atoms with E-state index in [9.17, 15) is 5.11 Å². The summed E-state index contributed by atoms with van der Waals surface area (Å²) in [6.07, 6.45) is 4.17. The molecule has 1 aliphatic rings. The van der Waals surface area contributed by atoms with Gasteiger partial charge < -0.3 is 19.5 Å². The highest BCUT2D eigenvalue weighted by Gasteiger charge is 2.36. The number of rotatable bonds is 3. The Kier molecular flexibility index (Phi) is 4.00. The van der Waals surface area contributed by atoms with Crippen LogP contribution in [0.15, 0.2) is 22.0 Å². The van der Waals surface area contributed by atoms with E-state index in [0.29, 0.717) is 12.1 Å². The van der Waals surface area contributed by atoms with E-state index in [1.54, 1.807) is 4.57 Å². The van der Waals surface area contributed by atoms with Crippen LogP contribution >= 0.6 is 27.7 Å². The van der Waals surface area contributed by atoms with Crippen molar-refractivity contribution in [2.24, 2.45) is 0 Å². The molecule has 3 rings (SSSR count). The monoisotopic (exact) mass is 359 g/mol. The highest BCUT2D eigenvalue weighted by Crippen LogP contribution is 2.37. The molecule has 3 atom stereocenters. The maximum absolute atomic E-state index is 10.1. The second-order valence-corrected chi connectivity index (χ2v) is 6.25. The van der Waals surface area contributed by atoms with Crippen LogP contribution in [0, 0.1) is 0 Å². The molecule has 0 radical (unpaired) electrons. The number of hydrogen-bond acceptors (Lipinski definition) is 6. The Morgan fingerprint density at radius 3 is 3.00 bits per heavy atom. The molecule has 108 valence electrons. The van der Waals surface area contributed by atoms with Gasteiger partial charge in [0.15, 0.2) is 6.23 Å². The predicted molar refractivity (Wildman–Crippen MR) is 78.6 cm³/mol. The maximum atomic E-state index is 10.1. The molecule has 2 aromatic rings. The van der Waals surface area contributed by atoms with Crippen LogP contribution in [0.4, 0.5) is 0 Å². The summed E-state index contributed by atoms with van der Waals surface area (Å²) in [5, 5.41) is 21.1.